The topological polar surface area (TPSA) is 98.7 Å². The molecule has 0 fully saturated rings. The lowest BCUT2D eigenvalue weighted by atomic mass is 10.4. The molecule has 24 heavy (non-hydrogen) atoms. The van der Waals surface area contributed by atoms with Crippen LogP contribution < -0.4 is 22.3 Å². The van der Waals surface area contributed by atoms with Crippen LogP contribution in [-0.2, 0) is 13.1 Å². The van der Waals surface area contributed by atoms with Crippen molar-refractivity contribution in [3.63, 3.8) is 0 Å². The highest BCUT2D eigenvalue weighted by molar-refractivity contribution is 5.54. The van der Waals surface area contributed by atoms with E-state index in [0.29, 0.717) is 24.1 Å². The lowest BCUT2D eigenvalue weighted by Gasteiger charge is -2.00. The molecule has 0 aliphatic carbocycles. The fraction of sp³-hybridized carbons (Fsp3) is 0.267. The molecule has 0 amide bonds. The Kier molecular flexibility index (Phi) is 9.13. The van der Waals surface area contributed by atoms with Gasteiger partial charge in [0.05, 0.1) is 17.7 Å². The highest BCUT2D eigenvalue weighted by Crippen LogP contribution is 2.07. The minimum Gasteiger partial charge on any atom is -1.00 e. The molecule has 0 radical (unpaired) electrons. The first-order valence-corrected chi connectivity index (χ1v) is 7.15. The van der Waals surface area contributed by atoms with E-state index in [1.54, 1.807) is 24.3 Å². The number of rotatable bonds is 7. The first-order valence-electron chi connectivity index (χ1n) is 7.15. The number of aromatic nitrogens is 2. The molecule has 2 N–H and O–H groups in total. The van der Waals surface area contributed by atoms with E-state index in [2.05, 4.69) is 20.4 Å². The van der Waals surface area contributed by atoms with E-state index in [9.17, 15) is 0 Å². The maximum Gasteiger partial charge on any atom is 0.171 e. The number of hydrogen-bond acceptors (Lipinski definition) is 5. The predicted molar refractivity (Wildman–Crippen MR) is 83.8 cm³/mol. The molecule has 0 saturated heterocycles. The van der Waals surface area contributed by atoms with Crippen molar-refractivity contribution in [2.24, 2.45) is 20.4 Å². The molecular weight excluding hydrogens is 332 g/mol. The summed E-state index contributed by atoms with van der Waals surface area (Å²) in [6, 6.07) is 7.17. The molecule has 9 heteroatoms. The maximum atomic E-state index is 8.82. The number of pyridine rings is 2. The van der Waals surface area contributed by atoms with Gasteiger partial charge in [0.2, 0.25) is 0 Å². The van der Waals surface area contributed by atoms with E-state index in [-0.39, 0.29) is 25.6 Å². The fourth-order valence-electron chi connectivity index (χ4n) is 1.77. The Morgan fingerprint density at radius 1 is 1.04 bits per heavy atom. The van der Waals surface area contributed by atoms with E-state index in [1.807, 2.05) is 33.9 Å². The smallest absolute Gasteiger partial charge is 0.171 e. The predicted octanol–water partition coefficient (Wildman–Crippen LogP) is -2.61. The molecule has 0 unspecified atom stereocenters. The van der Waals surface area contributed by atoms with Gasteiger partial charge in [0.15, 0.2) is 25.3 Å². The van der Waals surface area contributed by atoms with Gasteiger partial charge in [0.1, 0.15) is 6.61 Å². The van der Waals surface area contributed by atoms with Crippen molar-refractivity contribution in [2.45, 2.75) is 13.1 Å². The minimum absolute atomic E-state index is 0. The molecule has 0 atom stereocenters. The Balaban J connectivity index is 0.00000288. The number of aliphatic hydroxyl groups excluding tert-OH is 2. The third kappa shape index (κ3) is 6.78. The van der Waals surface area contributed by atoms with Gasteiger partial charge in [0, 0.05) is 31.1 Å². The quantitative estimate of drug-likeness (QED) is 0.188. The van der Waals surface area contributed by atoms with Crippen LogP contribution in [0.15, 0.2) is 69.5 Å². The summed E-state index contributed by atoms with van der Waals surface area (Å²) >= 11 is 0. The van der Waals surface area contributed by atoms with E-state index in [1.165, 1.54) is 6.34 Å². The summed E-state index contributed by atoms with van der Waals surface area (Å²) < 4.78 is 3.70. The number of nitrogens with zero attached hydrogens (tertiary/aromatic N) is 6. The molecule has 2 aromatic heterocycles. The Hall–Kier alpha value is -2.42. The molecule has 0 aliphatic rings. The summed E-state index contributed by atoms with van der Waals surface area (Å²) in [5, 5.41) is 33.9. The molecule has 0 bridgehead atoms. The lowest BCUT2D eigenvalue weighted by Crippen LogP contribution is -3.00. The summed E-state index contributed by atoms with van der Waals surface area (Å²) in [5.74, 6) is 0. The molecular formula is C15H19ClN6O2. The van der Waals surface area contributed by atoms with Crippen molar-refractivity contribution in [3.05, 3.63) is 54.4 Å². The van der Waals surface area contributed by atoms with Crippen LogP contribution in [0.2, 0.25) is 0 Å². The minimum atomic E-state index is 0. The Labute approximate surface area is 145 Å². The highest BCUT2D eigenvalue weighted by atomic mass is 35.5. The van der Waals surface area contributed by atoms with E-state index < -0.39 is 0 Å². The molecule has 2 heterocycles. The normalized spacial score (nSPS) is 10.9. The summed E-state index contributed by atoms with van der Waals surface area (Å²) in [6.45, 7) is 1.29. The van der Waals surface area contributed by atoms with Crippen LogP contribution in [0.3, 0.4) is 0 Å². The summed E-state index contributed by atoms with van der Waals surface area (Å²) in [4.78, 5) is 0. The second-order valence-electron chi connectivity index (χ2n) is 4.58. The van der Waals surface area contributed by atoms with Crippen LogP contribution in [-0.4, -0.2) is 34.3 Å². The molecule has 0 saturated carbocycles. The third-order valence-corrected chi connectivity index (χ3v) is 2.91. The van der Waals surface area contributed by atoms with Crippen molar-refractivity contribution < 1.29 is 27.2 Å². The maximum absolute atomic E-state index is 8.82. The van der Waals surface area contributed by atoms with Crippen molar-refractivity contribution in [2.75, 3.05) is 13.2 Å². The number of hydrogen-bond donors (Lipinski definition) is 2. The van der Waals surface area contributed by atoms with Crippen LogP contribution >= 0.6 is 0 Å². The Morgan fingerprint density at radius 3 is 2.38 bits per heavy atom. The van der Waals surface area contributed by atoms with Crippen molar-refractivity contribution in [1.29, 1.82) is 0 Å². The summed E-state index contributed by atoms with van der Waals surface area (Å²) in [5.41, 5.74) is 0.690. The molecule has 2 rings (SSSR count). The van der Waals surface area contributed by atoms with Crippen molar-refractivity contribution in [1.82, 2.24) is 4.57 Å². The van der Waals surface area contributed by atoms with Gasteiger partial charge in [-0.3, -0.25) is 0 Å². The second-order valence-corrected chi connectivity index (χ2v) is 4.58. The average molecular weight is 351 g/mol. The zero-order valence-electron chi connectivity index (χ0n) is 13.0. The van der Waals surface area contributed by atoms with Gasteiger partial charge in [-0.1, -0.05) is 0 Å². The lowest BCUT2D eigenvalue weighted by molar-refractivity contribution is -0.698. The fourth-order valence-corrected chi connectivity index (χ4v) is 1.77. The SMILES string of the molecule is OCCn1ccc(=NN=CN=Nc2cc[n+](CCO)cc2)cc1.[Cl-]. The summed E-state index contributed by atoms with van der Waals surface area (Å²) in [7, 11) is 0. The van der Waals surface area contributed by atoms with Crippen LogP contribution in [0.25, 0.3) is 0 Å². The van der Waals surface area contributed by atoms with E-state index in [0.717, 1.165) is 0 Å². The van der Waals surface area contributed by atoms with Gasteiger partial charge in [-0.25, -0.2) is 4.57 Å². The van der Waals surface area contributed by atoms with Gasteiger partial charge in [-0.05, 0) is 12.1 Å². The number of aliphatic hydroxyl groups is 2. The number of azo groups is 1. The third-order valence-electron chi connectivity index (χ3n) is 2.91. The van der Waals surface area contributed by atoms with Crippen molar-refractivity contribution >= 4 is 12.0 Å². The molecule has 0 aromatic carbocycles. The van der Waals surface area contributed by atoms with E-state index in [4.69, 9.17) is 10.2 Å². The first-order chi connectivity index (χ1) is 11.3. The molecule has 128 valence electrons. The van der Waals surface area contributed by atoms with Crippen LogP contribution in [0, 0.1) is 0 Å². The van der Waals surface area contributed by atoms with Gasteiger partial charge in [-0.15, -0.1) is 20.4 Å². The van der Waals surface area contributed by atoms with E-state index >= 15 is 0 Å². The first kappa shape index (κ1) is 19.6. The molecule has 0 aliphatic heterocycles. The highest BCUT2D eigenvalue weighted by Gasteiger charge is 1.97. The second kappa shape index (κ2) is 11.2. The zero-order chi connectivity index (χ0) is 16.3. The Bertz CT molecular complexity index is 707. The molecule has 2 aromatic rings. The van der Waals surface area contributed by atoms with Crippen LogP contribution in [0.5, 0.6) is 0 Å². The summed E-state index contributed by atoms with van der Waals surface area (Å²) in [6.07, 6.45) is 8.54. The zero-order valence-corrected chi connectivity index (χ0v) is 13.7. The van der Waals surface area contributed by atoms with Gasteiger partial charge in [0.25, 0.3) is 0 Å². The van der Waals surface area contributed by atoms with Gasteiger partial charge >= 0.3 is 0 Å². The largest absolute Gasteiger partial charge is 1.00 e. The molecule has 0 spiro atoms. The van der Waals surface area contributed by atoms with Crippen LogP contribution in [0.1, 0.15) is 0 Å². The standard InChI is InChI=1S/C15H19N6O2.ClH/c22-11-9-20-5-1-14(2-6-20)18-16-13-17-19-15-3-7-21(8-4-15)10-12-23;/h1-8,13,22-23H,9-12H2;1H/q+1;/p-1. The monoisotopic (exact) mass is 350 g/mol. The van der Waals surface area contributed by atoms with Gasteiger partial charge in [-0.2, -0.15) is 0 Å². The van der Waals surface area contributed by atoms with Gasteiger partial charge < -0.3 is 27.2 Å². The average Bonchev–Trinajstić information content (AvgIpc) is 2.58. The van der Waals surface area contributed by atoms with Crippen molar-refractivity contribution in [3.8, 4) is 0 Å². The Morgan fingerprint density at radius 2 is 1.75 bits per heavy atom. The molecule has 8 nitrogen and oxygen atoms in total. The van der Waals surface area contributed by atoms with Crippen LogP contribution in [0.4, 0.5) is 5.69 Å². The number of halogens is 1.